The number of amides is 2. The van der Waals surface area contributed by atoms with E-state index in [1.807, 2.05) is 19.1 Å². The van der Waals surface area contributed by atoms with E-state index in [9.17, 15) is 14.9 Å². The second-order valence-corrected chi connectivity index (χ2v) is 6.40. The lowest BCUT2D eigenvalue weighted by Gasteiger charge is -2.20. The first-order valence-corrected chi connectivity index (χ1v) is 9.25. The number of hydrogen-bond acceptors (Lipinski definition) is 7. The fourth-order valence-electron chi connectivity index (χ4n) is 2.45. The van der Waals surface area contributed by atoms with E-state index in [4.69, 9.17) is 4.74 Å². The molecule has 13 heteroatoms. The number of guanidine groups is 1. The number of ether oxygens (including phenoxy) is 1. The Balaban J connectivity index is 0.000000216. The molecule has 1 fully saturated rings. The summed E-state index contributed by atoms with van der Waals surface area (Å²) in [5, 5.41) is 27.1. The van der Waals surface area contributed by atoms with Crippen LogP contribution >= 0.6 is 0 Å². The number of urea groups is 1. The molecule has 0 spiro atoms. The fourth-order valence-corrected chi connectivity index (χ4v) is 2.45. The second kappa shape index (κ2) is 12.1. The third kappa shape index (κ3) is 8.18. The molecular formula is C17H25N9O4. The van der Waals surface area contributed by atoms with E-state index in [-0.39, 0.29) is 12.0 Å². The molecule has 1 unspecified atom stereocenters. The zero-order valence-corrected chi connectivity index (χ0v) is 16.8. The average molecular weight is 419 g/mol. The van der Waals surface area contributed by atoms with Crippen molar-refractivity contribution in [3.8, 4) is 0 Å². The maximum atomic E-state index is 11.3. The number of pyridine rings is 1. The summed E-state index contributed by atoms with van der Waals surface area (Å²) in [5.41, 5.74) is 4.02. The Morgan fingerprint density at radius 2 is 2.40 bits per heavy atom. The van der Waals surface area contributed by atoms with Crippen molar-refractivity contribution in [2.24, 2.45) is 21.2 Å². The first-order valence-electron chi connectivity index (χ1n) is 9.25. The van der Waals surface area contributed by atoms with Crippen LogP contribution in [0.25, 0.3) is 0 Å². The summed E-state index contributed by atoms with van der Waals surface area (Å²) in [6.45, 7) is 4.36. The van der Waals surface area contributed by atoms with Gasteiger partial charge in [0.1, 0.15) is 5.10 Å². The minimum Gasteiger partial charge on any atom is -0.381 e. The molecule has 30 heavy (non-hydrogen) atoms. The molecule has 1 aromatic heterocycles. The van der Waals surface area contributed by atoms with Gasteiger partial charge >= 0.3 is 6.03 Å². The van der Waals surface area contributed by atoms with Crippen LogP contribution in [0.15, 0.2) is 39.8 Å². The van der Waals surface area contributed by atoms with Gasteiger partial charge in [0.2, 0.25) is 0 Å². The lowest BCUT2D eigenvalue weighted by Crippen LogP contribution is -2.42. The number of nitrogens with zero attached hydrogens (tertiary/aromatic N) is 6. The van der Waals surface area contributed by atoms with Crippen molar-refractivity contribution in [1.29, 1.82) is 0 Å². The largest absolute Gasteiger partial charge is 0.381 e. The number of hydrogen-bond donors (Lipinski definition) is 3. The highest BCUT2D eigenvalue weighted by atomic mass is 16.7. The van der Waals surface area contributed by atoms with E-state index in [0.717, 1.165) is 24.3 Å². The first kappa shape index (κ1) is 22.7. The van der Waals surface area contributed by atoms with Crippen LogP contribution in [0.1, 0.15) is 18.9 Å². The molecule has 2 aliphatic rings. The lowest BCUT2D eigenvalue weighted by atomic mass is 10.1. The highest BCUT2D eigenvalue weighted by molar-refractivity contribution is 5.92. The van der Waals surface area contributed by atoms with Gasteiger partial charge in [0.25, 0.3) is 5.96 Å². The Kier molecular flexibility index (Phi) is 9.12. The molecular weight excluding hydrogens is 394 g/mol. The maximum absolute atomic E-state index is 11.3. The summed E-state index contributed by atoms with van der Waals surface area (Å²) >= 11 is 0. The van der Waals surface area contributed by atoms with Gasteiger partial charge in [-0.25, -0.2) is 25.3 Å². The van der Waals surface area contributed by atoms with E-state index < -0.39 is 5.03 Å². The Bertz CT molecular complexity index is 792. The molecule has 1 aromatic rings. The van der Waals surface area contributed by atoms with Gasteiger partial charge < -0.3 is 15.4 Å². The van der Waals surface area contributed by atoms with Crippen LogP contribution in [-0.2, 0) is 4.74 Å². The van der Waals surface area contributed by atoms with Crippen LogP contribution in [0.4, 0.5) is 4.79 Å². The highest BCUT2D eigenvalue weighted by Crippen LogP contribution is 2.10. The van der Waals surface area contributed by atoms with Gasteiger partial charge in [-0.05, 0) is 19.4 Å². The molecule has 162 valence electrons. The molecule has 0 aliphatic carbocycles. The second-order valence-electron chi connectivity index (χ2n) is 6.40. The topological polar surface area (TPSA) is 159 Å². The van der Waals surface area contributed by atoms with Crippen LogP contribution in [0.2, 0.25) is 0 Å². The van der Waals surface area contributed by atoms with Gasteiger partial charge in [0, 0.05) is 44.1 Å². The van der Waals surface area contributed by atoms with Gasteiger partial charge in [-0.3, -0.25) is 4.98 Å². The minimum atomic E-state index is -0.732. The van der Waals surface area contributed by atoms with Crippen molar-refractivity contribution >= 4 is 23.9 Å². The van der Waals surface area contributed by atoms with Crippen LogP contribution in [0, 0.1) is 16.0 Å². The molecule has 3 rings (SSSR count). The number of carbonyl (C=O) groups is 1. The molecule has 0 bridgehead atoms. The van der Waals surface area contributed by atoms with Crippen LogP contribution in [0.3, 0.4) is 0 Å². The van der Waals surface area contributed by atoms with Gasteiger partial charge in [0.05, 0.1) is 25.1 Å². The summed E-state index contributed by atoms with van der Waals surface area (Å²) in [5.74, 6) is 0.599. The summed E-state index contributed by atoms with van der Waals surface area (Å²) < 4.78 is 5.17. The molecule has 0 aromatic carbocycles. The molecule has 2 amide bonds. The van der Waals surface area contributed by atoms with Gasteiger partial charge in [0.15, 0.2) is 5.03 Å². The third-order valence-electron chi connectivity index (χ3n) is 3.99. The highest BCUT2D eigenvalue weighted by Gasteiger charge is 2.17. The molecule has 1 atom stereocenters. The Morgan fingerprint density at radius 1 is 1.57 bits per heavy atom. The van der Waals surface area contributed by atoms with Crippen molar-refractivity contribution in [3.63, 3.8) is 0 Å². The van der Waals surface area contributed by atoms with Crippen LogP contribution < -0.4 is 16.1 Å². The van der Waals surface area contributed by atoms with E-state index in [0.29, 0.717) is 25.6 Å². The standard InChI is InChI=1S/C10H11N5O.C7H14N4O3/c1-8-7-15(10(16)14-13-8)12-6-9-3-2-4-11-5-9;1-8-7(10-11(12)13)9-4-6-2-3-14-5-6/h2-6H,7H2,1H3,(H,14,16);6H,2-5H2,1H3,(H2,8,9,10)/b12-6+;. The number of nitrogens with one attached hydrogen (secondary N) is 3. The van der Waals surface area contributed by atoms with Gasteiger partial charge in [-0.2, -0.15) is 10.2 Å². The van der Waals surface area contributed by atoms with Crippen LogP contribution in [-0.4, -0.2) is 72.3 Å². The van der Waals surface area contributed by atoms with Gasteiger partial charge in [-0.15, -0.1) is 0 Å². The third-order valence-corrected chi connectivity index (χ3v) is 3.99. The Morgan fingerprint density at radius 3 is 3.03 bits per heavy atom. The predicted molar refractivity (Wildman–Crippen MR) is 111 cm³/mol. The van der Waals surface area contributed by atoms with E-state index in [2.05, 4.69) is 36.3 Å². The normalized spacial score (nSPS) is 18.9. The van der Waals surface area contributed by atoms with Crippen molar-refractivity contribution < 1.29 is 14.6 Å². The first-order chi connectivity index (χ1) is 14.5. The SMILES string of the molecule is CC1=NNC(=O)N(/N=C/c2cccnc2)C1.CN/C(=N/[N+](=O)[O-])NCC1CCOC1. The zero-order chi connectivity index (χ0) is 21.8. The number of rotatable bonds is 5. The average Bonchev–Trinajstić information content (AvgIpc) is 3.26. The number of aromatic nitrogens is 1. The number of nitro groups is 1. The number of carbonyl (C=O) groups excluding carboxylic acids is 1. The van der Waals surface area contributed by atoms with Gasteiger partial charge in [-0.1, -0.05) is 6.07 Å². The van der Waals surface area contributed by atoms with Crippen molar-refractivity contribution in [2.45, 2.75) is 13.3 Å². The number of hydrazone groups is 3. The quantitative estimate of drug-likeness (QED) is 0.266. The summed E-state index contributed by atoms with van der Waals surface area (Å²) in [7, 11) is 1.58. The fraction of sp³-hybridized carbons (Fsp3) is 0.471. The molecule has 13 nitrogen and oxygen atoms in total. The Hall–Kier alpha value is -3.61. The summed E-state index contributed by atoms with van der Waals surface area (Å²) in [6, 6.07) is 3.34. The van der Waals surface area contributed by atoms with E-state index in [1.165, 1.54) is 5.01 Å². The molecule has 3 heterocycles. The predicted octanol–water partition coefficient (Wildman–Crippen LogP) is 0.196. The monoisotopic (exact) mass is 419 g/mol. The summed E-state index contributed by atoms with van der Waals surface area (Å²) in [6.07, 6.45) is 5.93. The maximum Gasteiger partial charge on any atom is 0.358 e. The molecule has 2 aliphatic heterocycles. The Labute approximate surface area is 173 Å². The van der Waals surface area contributed by atoms with Crippen LogP contribution in [0.5, 0.6) is 0 Å². The molecule has 0 saturated carbocycles. The summed E-state index contributed by atoms with van der Waals surface area (Å²) in [4.78, 5) is 25.4. The molecule has 3 N–H and O–H groups in total. The molecule has 1 saturated heterocycles. The van der Waals surface area contributed by atoms with Crippen molar-refractivity contribution in [2.75, 3.05) is 33.4 Å². The van der Waals surface area contributed by atoms with Crippen molar-refractivity contribution in [3.05, 3.63) is 40.2 Å². The van der Waals surface area contributed by atoms with E-state index in [1.54, 1.807) is 25.7 Å². The lowest BCUT2D eigenvalue weighted by molar-refractivity contribution is -0.485. The van der Waals surface area contributed by atoms with Crippen molar-refractivity contribution in [1.82, 2.24) is 26.1 Å². The zero-order valence-electron chi connectivity index (χ0n) is 16.8. The minimum absolute atomic E-state index is 0.182. The van der Waals surface area contributed by atoms with E-state index >= 15 is 0 Å². The smallest absolute Gasteiger partial charge is 0.358 e. The molecule has 0 radical (unpaired) electrons.